The fourth-order valence-electron chi connectivity index (χ4n) is 2.58. The van der Waals surface area contributed by atoms with E-state index >= 15 is 0 Å². The van der Waals surface area contributed by atoms with E-state index in [1.165, 1.54) is 5.56 Å². The lowest BCUT2D eigenvalue weighted by Gasteiger charge is -2.37. The van der Waals surface area contributed by atoms with Crippen LogP contribution in [-0.4, -0.2) is 42.4 Å². The van der Waals surface area contributed by atoms with Gasteiger partial charge in [0.2, 0.25) is 11.8 Å². The molecule has 1 aromatic rings. The Kier molecular flexibility index (Phi) is 4.43. The molecular weight excluding hydrogens is 278 g/mol. The number of likely N-dealkylation sites (tertiary alicyclic amines) is 1. The molecule has 0 spiro atoms. The summed E-state index contributed by atoms with van der Waals surface area (Å²) in [6.07, 6.45) is 2.23. The van der Waals surface area contributed by atoms with Crippen LogP contribution >= 0.6 is 0 Å². The zero-order valence-corrected chi connectivity index (χ0v) is 13.0. The van der Waals surface area contributed by atoms with Crippen molar-refractivity contribution in [1.29, 1.82) is 0 Å². The van der Waals surface area contributed by atoms with Crippen LogP contribution in [0.25, 0.3) is 0 Å². The topological polar surface area (TPSA) is 61.4 Å². The van der Waals surface area contributed by atoms with Gasteiger partial charge in [-0.05, 0) is 25.3 Å². The third kappa shape index (κ3) is 4.07. The van der Waals surface area contributed by atoms with E-state index in [2.05, 4.69) is 10.6 Å². The average Bonchev–Trinajstić information content (AvgIpc) is 3.25. The first-order valence-corrected chi connectivity index (χ1v) is 7.95. The molecule has 3 rings (SSSR count). The Morgan fingerprint density at radius 2 is 1.86 bits per heavy atom. The fourth-order valence-corrected chi connectivity index (χ4v) is 2.58. The van der Waals surface area contributed by atoms with Crippen molar-refractivity contribution in [3.63, 3.8) is 0 Å². The standard InChI is InChI=1S/C17H23N3O2/c1-12-2-4-13(5-3-12)8-18-16(21)11-20-9-14(10-20)17(22)19-15-6-7-15/h2-5,14-15H,6-11H2,1H3,(H,18,21)(H,19,22). The smallest absolute Gasteiger partial charge is 0.234 e. The highest BCUT2D eigenvalue weighted by Crippen LogP contribution is 2.21. The van der Waals surface area contributed by atoms with Gasteiger partial charge in [-0.15, -0.1) is 0 Å². The molecule has 2 fully saturated rings. The summed E-state index contributed by atoms with van der Waals surface area (Å²) in [5.41, 5.74) is 2.32. The minimum atomic E-state index is 0.0154. The van der Waals surface area contributed by atoms with Gasteiger partial charge in [0.25, 0.3) is 0 Å². The van der Waals surface area contributed by atoms with Gasteiger partial charge >= 0.3 is 0 Å². The van der Waals surface area contributed by atoms with E-state index in [9.17, 15) is 9.59 Å². The Labute approximate surface area is 131 Å². The molecule has 1 aliphatic carbocycles. The van der Waals surface area contributed by atoms with E-state index in [0.29, 0.717) is 32.2 Å². The Morgan fingerprint density at radius 1 is 1.18 bits per heavy atom. The second kappa shape index (κ2) is 6.48. The maximum absolute atomic E-state index is 11.9. The van der Waals surface area contributed by atoms with Gasteiger partial charge in [-0.2, -0.15) is 0 Å². The van der Waals surface area contributed by atoms with Crippen molar-refractivity contribution in [1.82, 2.24) is 15.5 Å². The van der Waals surface area contributed by atoms with Gasteiger partial charge in [-0.25, -0.2) is 0 Å². The largest absolute Gasteiger partial charge is 0.353 e. The number of hydrogen-bond donors (Lipinski definition) is 2. The predicted molar refractivity (Wildman–Crippen MR) is 84.1 cm³/mol. The van der Waals surface area contributed by atoms with E-state index in [0.717, 1.165) is 18.4 Å². The van der Waals surface area contributed by atoms with E-state index in [1.54, 1.807) is 0 Å². The van der Waals surface area contributed by atoms with Crippen LogP contribution in [0.2, 0.25) is 0 Å². The van der Waals surface area contributed by atoms with Crippen LogP contribution in [0, 0.1) is 12.8 Å². The van der Waals surface area contributed by atoms with Gasteiger partial charge in [0, 0.05) is 25.7 Å². The molecule has 1 aliphatic heterocycles. The summed E-state index contributed by atoms with van der Waals surface area (Å²) >= 11 is 0. The van der Waals surface area contributed by atoms with Gasteiger partial charge in [0.05, 0.1) is 12.5 Å². The summed E-state index contributed by atoms with van der Waals surface area (Å²) in [5.74, 6) is 0.228. The third-order valence-corrected chi connectivity index (χ3v) is 4.23. The number of benzene rings is 1. The van der Waals surface area contributed by atoms with Crippen molar-refractivity contribution >= 4 is 11.8 Å². The van der Waals surface area contributed by atoms with E-state index in [1.807, 2.05) is 36.1 Å². The summed E-state index contributed by atoms with van der Waals surface area (Å²) in [6.45, 7) is 4.35. The number of carbonyl (C=O) groups excluding carboxylic acids is 2. The number of nitrogens with zero attached hydrogens (tertiary/aromatic N) is 1. The van der Waals surface area contributed by atoms with Crippen molar-refractivity contribution in [3.8, 4) is 0 Å². The molecule has 1 saturated heterocycles. The van der Waals surface area contributed by atoms with Crippen molar-refractivity contribution in [2.75, 3.05) is 19.6 Å². The van der Waals surface area contributed by atoms with E-state index < -0.39 is 0 Å². The number of nitrogens with one attached hydrogen (secondary N) is 2. The number of aryl methyl sites for hydroxylation is 1. The molecule has 1 heterocycles. The van der Waals surface area contributed by atoms with Crippen LogP contribution in [0.4, 0.5) is 0 Å². The van der Waals surface area contributed by atoms with Gasteiger partial charge in [0.1, 0.15) is 0 Å². The minimum absolute atomic E-state index is 0.0154. The highest BCUT2D eigenvalue weighted by molar-refractivity contribution is 5.82. The van der Waals surface area contributed by atoms with Crippen molar-refractivity contribution in [2.24, 2.45) is 5.92 Å². The van der Waals surface area contributed by atoms with Crippen molar-refractivity contribution in [3.05, 3.63) is 35.4 Å². The van der Waals surface area contributed by atoms with Gasteiger partial charge in [-0.1, -0.05) is 29.8 Å². The Balaban J connectivity index is 1.33. The van der Waals surface area contributed by atoms with Crippen LogP contribution in [0.3, 0.4) is 0 Å². The molecule has 2 aliphatic rings. The van der Waals surface area contributed by atoms with E-state index in [4.69, 9.17) is 0 Å². The van der Waals surface area contributed by atoms with Crippen LogP contribution in [-0.2, 0) is 16.1 Å². The molecule has 2 amide bonds. The zero-order chi connectivity index (χ0) is 15.5. The monoisotopic (exact) mass is 301 g/mol. The molecule has 0 aromatic heterocycles. The molecule has 2 N–H and O–H groups in total. The molecule has 5 heteroatoms. The number of hydrogen-bond acceptors (Lipinski definition) is 3. The maximum Gasteiger partial charge on any atom is 0.234 e. The third-order valence-electron chi connectivity index (χ3n) is 4.23. The Bertz CT molecular complexity index is 546. The molecule has 0 radical (unpaired) electrons. The molecule has 5 nitrogen and oxygen atoms in total. The van der Waals surface area contributed by atoms with E-state index in [-0.39, 0.29) is 17.7 Å². The summed E-state index contributed by atoms with van der Waals surface area (Å²) in [7, 11) is 0. The summed E-state index contributed by atoms with van der Waals surface area (Å²) in [5, 5.41) is 5.94. The van der Waals surface area contributed by atoms with Crippen LogP contribution in [0.1, 0.15) is 24.0 Å². The number of rotatable bonds is 6. The number of carbonyl (C=O) groups is 2. The van der Waals surface area contributed by atoms with Gasteiger partial charge in [0.15, 0.2) is 0 Å². The summed E-state index contributed by atoms with van der Waals surface area (Å²) in [4.78, 5) is 25.7. The Hall–Kier alpha value is -1.88. The fraction of sp³-hybridized carbons (Fsp3) is 0.529. The molecule has 118 valence electrons. The highest BCUT2D eigenvalue weighted by atomic mass is 16.2. The lowest BCUT2D eigenvalue weighted by molar-refractivity contribution is -0.133. The van der Waals surface area contributed by atoms with Crippen LogP contribution in [0.15, 0.2) is 24.3 Å². The molecule has 1 saturated carbocycles. The van der Waals surface area contributed by atoms with Gasteiger partial charge in [-0.3, -0.25) is 14.5 Å². The molecular formula is C17H23N3O2. The molecule has 0 unspecified atom stereocenters. The SMILES string of the molecule is Cc1ccc(CNC(=O)CN2CC(C(=O)NC3CC3)C2)cc1. The average molecular weight is 301 g/mol. The molecule has 1 aromatic carbocycles. The highest BCUT2D eigenvalue weighted by Gasteiger charge is 2.35. The normalized spacial score (nSPS) is 18.6. The number of amides is 2. The summed E-state index contributed by atoms with van der Waals surface area (Å²) < 4.78 is 0. The van der Waals surface area contributed by atoms with Crippen LogP contribution in [0.5, 0.6) is 0 Å². The first kappa shape index (κ1) is 15.0. The minimum Gasteiger partial charge on any atom is -0.353 e. The first-order valence-electron chi connectivity index (χ1n) is 7.95. The predicted octanol–water partition coefficient (Wildman–Crippen LogP) is 0.822. The summed E-state index contributed by atoms with van der Waals surface area (Å²) in [6, 6.07) is 8.55. The first-order chi connectivity index (χ1) is 10.6. The van der Waals surface area contributed by atoms with Crippen LogP contribution < -0.4 is 10.6 Å². The van der Waals surface area contributed by atoms with Gasteiger partial charge < -0.3 is 10.6 Å². The quantitative estimate of drug-likeness (QED) is 0.818. The van der Waals surface area contributed by atoms with Crippen molar-refractivity contribution < 1.29 is 9.59 Å². The molecule has 22 heavy (non-hydrogen) atoms. The lowest BCUT2D eigenvalue weighted by atomic mass is 9.99. The molecule has 0 bridgehead atoms. The second-order valence-electron chi connectivity index (χ2n) is 6.44. The molecule has 0 atom stereocenters. The van der Waals surface area contributed by atoms with Crippen molar-refractivity contribution in [2.45, 2.75) is 32.4 Å². The second-order valence-corrected chi connectivity index (χ2v) is 6.44. The maximum atomic E-state index is 11.9. The zero-order valence-electron chi connectivity index (χ0n) is 13.0. The lowest BCUT2D eigenvalue weighted by Crippen LogP contribution is -2.56. The Morgan fingerprint density at radius 3 is 2.50 bits per heavy atom.